The van der Waals surface area contributed by atoms with E-state index in [0.717, 1.165) is 19.3 Å². The molecule has 0 aromatic carbocycles. The largest absolute Gasteiger partial charge is 0.300 e. The lowest BCUT2D eigenvalue weighted by Gasteiger charge is -2.32. The van der Waals surface area contributed by atoms with Gasteiger partial charge in [0.25, 0.3) is 0 Å². The highest BCUT2D eigenvalue weighted by atomic mass is 16.1. The summed E-state index contributed by atoms with van der Waals surface area (Å²) < 4.78 is 0. The molecule has 2 nitrogen and oxygen atoms in total. The quantitative estimate of drug-likeness (QED) is 0.712. The van der Waals surface area contributed by atoms with Crippen LogP contribution in [0.3, 0.4) is 0 Å². The Labute approximate surface area is 93.0 Å². The number of hydrogen-bond donors (Lipinski definition) is 0. The maximum atomic E-state index is 11.9. The first-order chi connectivity index (χ1) is 7.33. The van der Waals surface area contributed by atoms with Gasteiger partial charge in [0, 0.05) is 18.4 Å². The van der Waals surface area contributed by atoms with Crippen molar-refractivity contribution in [1.29, 1.82) is 0 Å². The minimum absolute atomic E-state index is 0.382. The van der Waals surface area contributed by atoms with Crippen molar-refractivity contribution in [1.82, 2.24) is 4.90 Å². The van der Waals surface area contributed by atoms with E-state index in [0.29, 0.717) is 17.7 Å². The summed E-state index contributed by atoms with van der Waals surface area (Å²) in [5, 5.41) is 0. The molecule has 1 aliphatic heterocycles. The van der Waals surface area contributed by atoms with Crippen LogP contribution in [-0.4, -0.2) is 29.8 Å². The molecule has 15 heavy (non-hydrogen) atoms. The molecule has 0 aromatic rings. The van der Waals surface area contributed by atoms with Gasteiger partial charge in [-0.3, -0.25) is 9.69 Å². The third-order valence-electron chi connectivity index (χ3n) is 3.99. The summed E-state index contributed by atoms with van der Waals surface area (Å²) in [5.74, 6) is 0.932. The molecule has 2 rings (SSSR count). The van der Waals surface area contributed by atoms with E-state index in [4.69, 9.17) is 0 Å². The summed E-state index contributed by atoms with van der Waals surface area (Å²) in [5.41, 5.74) is 0. The molecule has 1 saturated carbocycles. The Morgan fingerprint density at radius 2 is 2.13 bits per heavy atom. The topological polar surface area (TPSA) is 20.3 Å². The Morgan fingerprint density at radius 1 is 1.27 bits per heavy atom. The molecule has 2 fully saturated rings. The molecule has 1 heterocycles. The van der Waals surface area contributed by atoms with Gasteiger partial charge < -0.3 is 0 Å². The van der Waals surface area contributed by atoms with Crippen molar-refractivity contribution in [2.24, 2.45) is 5.92 Å². The van der Waals surface area contributed by atoms with Crippen LogP contribution >= 0.6 is 0 Å². The van der Waals surface area contributed by atoms with E-state index in [1.807, 2.05) is 0 Å². The number of Topliss-reactive ketones (excluding diaryl/α,β-unsaturated/α-hetero) is 1. The number of nitrogens with zero attached hydrogens (tertiary/aromatic N) is 1. The fraction of sp³-hybridized carbons (Fsp3) is 0.923. The Morgan fingerprint density at radius 3 is 2.87 bits per heavy atom. The molecule has 0 radical (unpaired) electrons. The third kappa shape index (κ3) is 2.41. The standard InChI is InChI=1S/C13H23NO/c1-2-9-14-10-5-7-12(14)11-6-3-4-8-13(11)15/h11-12H,2-10H2,1H3. The van der Waals surface area contributed by atoms with Crippen molar-refractivity contribution >= 4 is 5.78 Å². The van der Waals surface area contributed by atoms with Gasteiger partial charge in [-0.1, -0.05) is 13.3 Å². The Balaban J connectivity index is 1.98. The van der Waals surface area contributed by atoms with Crippen molar-refractivity contribution < 1.29 is 4.79 Å². The smallest absolute Gasteiger partial charge is 0.137 e. The van der Waals surface area contributed by atoms with Gasteiger partial charge in [-0.05, 0) is 45.2 Å². The first kappa shape index (κ1) is 11.1. The zero-order chi connectivity index (χ0) is 10.7. The average molecular weight is 209 g/mol. The zero-order valence-electron chi connectivity index (χ0n) is 9.87. The summed E-state index contributed by atoms with van der Waals surface area (Å²) in [6.45, 7) is 4.65. The van der Waals surface area contributed by atoms with Gasteiger partial charge in [-0.15, -0.1) is 0 Å². The van der Waals surface area contributed by atoms with Crippen LogP contribution in [0.15, 0.2) is 0 Å². The highest BCUT2D eigenvalue weighted by Gasteiger charge is 2.35. The van der Waals surface area contributed by atoms with Gasteiger partial charge in [-0.2, -0.15) is 0 Å². The van der Waals surface area contributed by atoms with Crippen LogP contribution in [0.25, 0.3) is 0 Å². The molecule has 2 atom stereocenters. The fourth-order valence-corrected chi connectivity index (χ4v) is 3.29. The van der Waals surface area contributed by atoms with Crippen LogP contribution in [0.2, 0.25) is 0 Å². The van der Waals surface area contributed by atoms with Crippen LogP contribution in [0.5, 0.6) is 0 Å². The summed E-state index contributed by atoms with van der Waals surface area (Å²) in [6, 6.07) is 0.595. The van der Waals surface area contributed by atoms with E-state index in [9.17, 15) is 4.79 Å². The SMILES string of the molecule is CCCN1CCCC1C1CCCCC1=O. The van der Waals surface area contributed by atoms with Crippen molar-refractivity contribution in [3.63, 3.8) is 0 Å². The van der Waals surface area contributed by atoms with Crippen LogP contribution in [0, 0.1) is 5.92 Å². The van der Waals surface area contributed by atoms with Gasteiger partial charge >= 0.3 is 0 Å². The number of carbonyl (C=O) groups excluding carboxylic acids is 1. The predicted molar refractivity (Wildman–Crippen MR) is 61.9 cm³/mol. The average Bonchev–Trinajstić information content (AvgIpc) is 2.67. The highest BCUT2D eigenvalue weighted by Crippen LogP contribution is 2.32. The van der Waals surface area contributed by atoms with Crippen LogP contribution in [-0.2, 0) is 4.79 Å². The molecule has 0 spiro atoms. The molecule has 1 aliphatic carbocycles. The van der Waals surface area contributed by atoms with E-state index in [2.05, 4.69) is 11.8 Å². The van der Waals surface area contributed by atoms with Gasteiger partial charge in [0.15, 0.2) is 0 Å². The van der Waals surface area contributed by atoms with E-state index in [1.165, 1.54) is 38.8 Å². The molecule has 86 valence electrons. The van der Waals surface area contributed by atoms with Gasteiger partial charge in [0.05, 0.1) is 0 Å². The van der Waals surface area contributed by atoms with Crippen LogP contribution in [0.1, 0.15) is 51.9 Å². The third-order valence-corrected chi connectivity index (χ3v) is 3.99. The number of hydrogen-bond acceptors (Lipinski definition) is 2. The van der Waals surface area contributed by atoms with E-state index >= 15 is 0 Å². The Kier molecular flexibility index (Phi) is 3.79. The van der Waals surface area contributed by atoms with Gasteiger partial charge in [0.1, 0.15) is 5.78 Å². The minimum Gasteiger partial charge on any atom is -0.300 e. The molecule has 0 bridgehead atoms. The molecular formula is C13H23NO. The molecule has 1 saturated heterocycles. The number of ketones is 1. The summed E-state index contributed by atoms with van der Waals surface area (Å²) in [4.78, 5) is 14.5. The van der Waals surface area contributed by atoms with Crippen LogP contribution in [0.4, 0.5) is 0 Å². The normalized spacial score (nSPS) is 33.5. The van der Waals surface area contributed by atoms with E-state index < -0.39 is 0 Å². The van der Waals surface area contributed by atoms with Crippen molar-refractivity contribution in [3.05, 3.63) is 0 Å². The second-order valence-corrected chi connectivity index (χ2v) is 5.06. The Hall–Kier alpha value is -0.370. The van der Waals surface area contributed by atoms with Crippen molar-refractivity contribution in [2.45, 2.75) is 57.9 Å². The molecule has 2 heteroatoms. The zero-order valence-corrected chi connectivity index (χ0v) is 9.87. The second-order valence-electron chi connectivity index (χ2n) is 5.06. The second kappa shape index (κ2) is 5.11. The minimum atomic E-state index is 0.382. The predicted octanol–water partition coefficient (Wildman–Crippen LogP) is 2.62. The summed E-state index contributed by atoms with van der Waals surface area (Å²) in [6.07, 6.45) is 8.19. The van der Waals surface area contributed by atoms with Crippen LogP contribution < -0.4 is 0 Å². The maximum Gasteiger partial charge on any atom is 0.137 e. The number of likely N-dealkylation sites (tertiary alicyclic amines) is 1. The number of carbonyl (C=O) groups is 1. The lowest BCUT2D eigenvalue weighted by atomic mass is 9.82. The Bertz CT molecular complexity index is 227. The molecular weight excluding hydrogens is 186 g/mol. The first-order valence-corrected chi connectivity index (χ1v) is 6.59. The molecule has 0 N–H and O–H groups in total. The highest BCUT2D eigenvalue weighted by molar-refractivity contribution is 5.82. The molecule has 0 amide bonds. The molecule has 2 aliphatic rings. The lowest BCUT2D eigenvalue weighted by molar-refractivity contribution is -0.126. The van der Waals surface area contributed by atoms with Gasteiger partial charge in [0.2, 0.25) is 0 Å². The molecule has 0 aromatic heterocycles. The van der Waals surface area contributed by atoms with E-state index in [-0.39, 0.29) is 0 Å². The maximum absolute atomic E-state index is 11.9. The molecule has 2 unspecified atom stereocenters. The first-order valence-electron chi connectivity index (χ1n) is 6.59. The van der Waals surface area contributed by atoms with Crippen molar-refractivity contribution in [2.75, 3.05) is 13.1 Å². The van der Waals surface area contributed by atoms with E-state index in [1.54, 1.807) is 0 Å². The summed E-state index contributed by atoms with van der Waals surface area (Å²) in [7, 11) is 0. The summed E-state index contributed by atoms with van der Waals surface area (Å²) >= 11 is 0. The van der Waals surface area contributed by atoms with Gasteiger partial charge in [-0.25, -0.2) is 0 Å². The fourth-order valence-electron chi connectivity index (χ4n) is 3.29. The van der Waals surface area contributed by atoms with Crippen molar-refractivity contribution in [3.8, 4) is 0 Å². The number of rotatable bonds is 3. The lowest BCUT2D eigenvalue weighted by Crippen LogP contribution is -2.40. The monoisotopic (exact) mass is 209 g/mol.